The Balaban J connectivity index is 1.41. The van der Waals surface area contributed by atoms with Crippen molar-refractivity contribution in [3.63, 3.8) is 0 Å². The zero-order chi connectivity index (χ0) is 25.9. The molecule has 2 aromatic heterocycles. The topological polar surface area (TPSA) is 70.4 Å². The Bertz CT molecular complexity index is 1450. The summed E-state index contributed by atoms with van der Waals surface area (Å²) in [6.07, 6.45) is 1.97. The molecular formula is C28H24BrFN4O2S. The molecule has 0 bridgehead atoms. The summed E-state index contributed by atoms with van der Waals surface area (Å²) in [6, 6.07) is 21.0. The molecule has 0 saturated carbocycles. The highest BCUT2D eigenvalue weighted by Gasteiger charge is 2.41. The van der Waals surface area contributed by atoms with Gasteiger partial charge in [0, 0.05) is 34.9 Å². The number of amides is 1. The van der Waals surface area contributed by atoms with E-state index in [2.05, 4.69) is 31.5 Å². The normalized spacial score (nSPS) is 17.1. The lowest BCUT2D eigenvalue weighted by atomic mass is 10.0. The van der Waals surface area contributed by atoms with E-state index in [1.807, 2.05) is 66.4 Å². The largest absolute Gasteiger partial charge is 0.459 e. The Morgan fingerprint density at radius 3 is 2.78 bits per heavy atom. The Morgan fingerprint density at radius 1 is 1.16 bits per heavy atom. The molecular weight excluding hydrogens is 555 g/mol. The molecule has 2 atom stereocenters. The van der Waals surface area contributed by atoms with Crippen molar-refractivity contribution in [3.8, 4) is 11.3 Å². The van der Waals surface area contributed by atoms with Crippen molar-refractivity contribution in [1.29, 1.82) is 0 Å². The van der Waals surface area contributed by atoms with Gasteiger partial charge in [0.2, 0.25) is 5.91 Å². The van der Waals surface area contributed by atoms with Gasteiger partial charge in [-0.25, -0.2) is 4.39 Å². The van der Waals surface area contributed by atoms with Crippen molar-refractivity contribution < 1.29 is 13.6 Å². The fourth-order valence-electron chi connectivity index (χ4n) is 4.47. The van der Waals surface area contributed by atoms with Crippen molar-refractivity contribution >= 4 is 44.9 Å². The van der Waals surface area contributed by atoms with E-state index in [-0.39, 0.29) is 30.2 Å². The van der Waals surface area contributed by atoms with Crippen molar-refractivity contribution in [3.05, 3.63) is 106 Å². The van der Waals surface area contributed by atoms with Gasteiger partial charge in [-0.05, 0) is 95.2 Å². The number of pyridine rings is 1. The lowest BCUT2D eigenvalue weighted by molar-refractivity contribution is -0.116. The molecule has 1 saturated heterocycles. The van der Waals surface area contributed by atoms with Gasteiger partial charge in [-0.1, -0.05) is 18.2 Å². The predicted molar refractivity (Wildman–Crippen MR) is 148 cm³/mol. The Morgan fingerprint density at radius 2 is 2.03 bits per heavy atom. The second-order valence-corrected chi connectivity index (χ2v) is 10.1. The molecule has 1 amide bonds. The number of halogens is 2. The van der Waals surface area contributed by atoms with E-state index in [0.717, 1.165) is 22.5 Å². The van der Waals surface area contributed by atoms with E-state index in [0.29, 0.717) is 27.7 Å². The van der Waals surface area contributed by atoms with Gasteiger partial charge in [0.25, 0.3) is 0 Å². The van der Waals surface area contributed by atoms with Crippen LogP contribution >= 0.6 is 28.1 Å². The maximum Gasteiger partial charge on any atom is 0.226 e. The molecule has 3 heterocycles. The Hall–Kier alpha value is -3.56. The van der Waals surface area contributed by atoms with E-state index < -0.39 is 0 Å². The van der Waals surface area contributed by atoms with Crippen LogP contribution in [0.4, 0.5) is 10.1 Å². The number of carbonyl (C=O) groups is 1. The fourth-order valence-corrected chi connectivity index (χ4v) is 5.35. The second kappa shape index (κ2) is 10.8. The summed E-state index contributed by atoms with van der Waals surface area (Å²) < 4.78 is 20.5. The van der Waals surface area contributed by atoms with Gasteiger partial charge < -0.3 is 20.0 Å². The first kappa shape index (κ1) is 25.1. The number of nitrogens with zero attached hydrogens (tertiary/aromatic N) is 2. The molecule has 2 N–H and O–H groups in total. The van der Waals surface area contributed by atoms with Gasteiger partial charge in [0.05, 0.1) is 11.7 Å². The average Bonchev–Trinajstić information content (AvgIpc) is 3.47. The highest BCUT2D eigenvalue weighted by molar-refractivity contribution is 9.10. The molecule has 1 aliphatic heterocycles. The minimum absolute atomic E-state index is 0.108. The van der Waals surface area contributed by atoms with Gasteiger partial charge in [0.1, 0.15) is 23.4 Å². The van der Waals surface area contributed by atoms with Crippen LogP contribution in [0.5, 0.6) is 0 Å². The maximum atomic E-state index is 13.6. The molecule has 9 heteroatoms. The maximum absolute atomic E-state index is 13.6. The van der Waals surface area contributed by atoms with Crippen LogP contribution in [-0.4, -0.2) is 27.4 Å². The molecule has 0 spiro atoms. The van der Waals surface area contributed by atoms with Gasteiger partial charge in [-0.2, -0.15) is 0 Å². The van der Waals surface area contributed by atoms with E-state index in [1.165, 1.54) is 12.1 Å². The van der Waals surface area contributed by atoms with E-state index in [4.69, 9.17) is 16.6 Å². The second-order valence-electron chi connectivity index (χ2n) is 8.81. The number of nitrogens with one attached hydrogen (secondary N) is 2. The summed E-state index contributed by atoms with van der Waals surface area (Å²) >= 11 is 9.11. The molecule has 0 aliphatic carbocycles. The van der Waals surface area contributed by atoms with Gasteiger partial charge >= 0.3 is 0 Å². The highest BCUT2D eigenvalue weighted by atomic mass is 79.9. The monoisotopic (exact) mass is 578 g/mol. The molecule has 0 unspecified atom stereocenters. The number of rotatable bonds is 7. The zero-order valence-corrected chi connectivity index (χ0v) is 22.4. The molecule has 188 valence electrons. The molecule has 1 aliphatic rings. The quantitative estimate of drug-likeness (QED) is 0.242. The third kappa shape index (κ3) is 5.57. The van der Waals surface area contributed by atoms with E-state index >= 15 is 0 Å². The number of benzene rings is 2. The number of hydrogen-bond acceptors (Lipinski definition) is 4. The standard InChI is InChI=1S/C28H24BrFN4O2S/c1-17-5-4-6-19(15-17)32-25(35)12-14-34-27(26(33-28(34)37)22-7-2-3-13-31-22)24-11-10-23(36-24)20-9-8-18(30)16-21(20)29/h2-11,13,15-16,26-27H,12,14H2,1H3,(H,32,35)(H,33,37)/t26-,27-/m1/s1. The smallest absolute Gasteiger partial charge is 0.226 e. The molecule has 37 heavy (non-hydrogen) atoms. The van der Waals surface area contributed by atoms with Crippen LogP contribution in [0.25, 0.3) is 11.3 Å². The van der Waals surface area contributed by atoms with E-state index in [1.54, 1.807) is 12.3 Å². The average molecular weight is 579 g/mol. The van der Waals surface area contributed by atoms with Crippen molar-refractivity contribution in [2.45, 2.75) is 25.4 Å². The first-order chi connectivity index (χ1) is 17.9. The Labute approximate surface area is 228 Å². The van der Waals surface area contributed by atoms with Crippen LogP contribution in [0, 0.1) is 12.7 Å². The number of hydrogen-bond donors (Lipinski definition) is 2. The minimum Gasteiger partial charge on any atom is -0.459 e. The number of aromatic nitrogens is 1. The minimum atomic E-state index is -0.335. The zero-order valence-electron chi connectivity index (χ0n) is 19.9. The van der Waals surface area contributed by atoms with Crippen LogP contribution in [0.3, 0.4) is 0 Å². The summed E-state index contributed by atoms with van der Waals surface area (Å²) in [5.74, 6) is 0.812. The Kier molecular flexibility index (Phi) is 7.34. The van der Waals surface area contributed by atoms with E-state index in [9.17, 15) is 9.18 Å². The van der Waals surface area contributed by atoms with Crippen LogP contribution in [0.2, 0.25) is 0 Å². The third-order valence-electron chi connectivity index (χ3n) is 6.19. The number of aryl methyl sites for hydroxylation is 1. The fraction of sp³-hybridized carbons (Fsp3) is 0.179. The SMILES string of the molecule is Cc1cccc(NC(=O)CCN2C(=S)N[C@H](c3ccccn3)[C@H]2c2ccc(-c3ccc(F)cc3Br)o2)c1. The molecule has 1 fully saturated rings. The molecule has 4 aromatic rings. The van der Waals surface area contributed by atoms with Crippen LogP contribution in [0.1, 0.15) is 35.5 Å². The lowest BCUT2D eigenvalue weighted by Gasteiger charge is -2.25. The van der Waals surface area contributed by atoms with Crippen molar-refractivity contribution in [2.75, 3.05) is 11.9 Å². The summed E-state index contributed by atoms with van der Waals surface area (Å²) in [4.78, 5) is 19.3. The molecule has 2 aromatic carbocycles. The molecule has 0 radical (unpaired) electrons. The first-order valence-corrected chi connectivity index (χ1v) is 13.0. The van der Waals surface area contributed by atoms with Gasteiger partial charge in [-0.3, -0.25) is 9.78 Å². The number of furan rings is 1. The number of anilines is 1. The van der Waals surface area contributed by atoms with Crippen LogP contribution < -0.4 is 10.6 Å². The number of thiocarbonyl (C=S) groups is 1. The summed E-state index contributed by atoms with van der Waals surface area (Å²) in [5, 5.41) is 6.83. The predicted octanol–water partition coefficient (Wildman–Crippen LogP) is 6.55. The molecule has 6 nitrogen and oxygen atoms in total. The van der Waals surface area contributed by atoms with Gasteiger partial charge in [-0.15, -0.1) is 0 Å². The van der Waals surface area contributed by atoms with Crippen molar-refractivity contribution in [1.82, 2.24) is 15.2 Å². The summed E-state index contributed by atoms with van der Waals surface area (Å²) in [6.45, 7) is 2.36. The summed E-state index contributed by atoms with van der Waals surface area (Å²) in [7, 11) is 0. The first-order valence-electron chi connectivity index (χ1n) is 11.8. The number of carbonyl (C=O) groups excluding carboxylic acids is 1. The van der Waals surface area contributed by atoms with Crippen molar-refractivity contribution in [2.24, 2.45) is 0 Å². The van der Waals surface area contributed by atoms with Gasteiger partial charge in [0.15, 0.2) is 5.11 Å². The third-order valence-corrected chi connectivity index (χ3v) is 7.20. The van der Waals surface area contributed by atoms with Crippen LogP contribution in [-0.2, 0) is 4.79 Å². The highest BCUT2D eigenvalue weighted by Crippen LogP contribution is 2.41. The van der Waals surface area contributed by atoms with Crippen LogP contribution in [0.15, 0.2) is 87.9 Å². The lowest BCUT2D eigenvalue weighted by Crippen LogP contribution is -2.32. The summed E-state index contributed by atoms with van der Waals surface area (Å²) in [5.41, 5.74) is 3.38. The molecule has 5 rings (SSSR count).